The molecule has 25 heavy (non-hydrogen) atoms. The third-order valence-corrected chi connectivity index (χ3v) is 4.87. The van der Waals surface area contributed by atoms with Crippen molar-refractivity contribution in [2.75, 3.05) is 13.2 Å². The molecule has 0 radical (unpaired) electrons. The van der Waals surface area contributed by atoms with E-state index in [9.17, 15) is 9.50 Å². The van der Waals surface area contributed by atoms with Crippen LogP contribution in [-0.4, -0.2) is 28.1 Å². The Morgan fingerprint density at radius 1 is 1.16 bits per heavy atom. The van der Waals surface area contributed by atoms with Gasteiger partial charge in [0.25, 0.3) is 0 Å². The van der Waals surface area contributed by atoms with E-state index in [2.05, 4.69) is 20.9 Å². The molecular weight excluding hydrogens is 407 g/mol. The number of aromatic nitrogens is 1. The number of fused-ring (bicyclic) bond motifs is 1. The van der Waals surface area contributed by atoms with Crippen molar-refractivity contribution in [3.63, 3.8) is 0 Å². The van der Waals surface area contributed by atoms with Gasteiger partial charge in [0.15, 0.2) is 0 Å². The summed E-state index contributed by atoms with van der Waals surface area (Å²) in [7, 11) is 0. The molecule has 0 aliphatic rings. The van der Waals surface area contributed by atoms with Gasteiger partial charge in [-0.15, -0.1) is 0 Å². The van der Waals surface area contributed by atoms with Gasteiger partial charge in [0.1, 0.15) is 5.82 Å². The number of aliphatic hydroxyl groups excluding tert-OH is 1. The number of nitrogens with zero attached hydrogens (tertiary/aromatic N) is 2. The second-order valence-electron chi connectivity index (χ2n) is 5.77. The highest BCUT2D eigenvalue weighted by Gasteiger charge is 2.15. The van der Waals surface area contributed by atoms with Crippen LogP contribution in [0.2, 0.25) is 5.02 Å². The van der Waals surface area contributed by atoms with Crippen LogP contribution in [0, 0.1) is 5.82 Å². The maximum atomic E-state index is 14.1. The molecule has 0 spiro atoms. The molecule has 0 aliphatic heterocycles. The number of halogens is 3. The first-order chi connectivity index (χ1) is 12.1. The molecule has 1 heterocycles. The minimum atomic E-state index is -0.270. The van der Waals surface area contributed by atoms with Crippen LogP contribution in [0.15, 0.2) is 53.1 Å². The predicted octanol–water partition coefficient (Wildman–Crippen LogP) is 4.78. The summed E-state index contributed by atoms with van der Waals surface area (Å²) >= 11 is 9.77. The molecule has 0 saturated heterocycles. The van der Waals surface area contributed by atoms with Crippen LogP contribution in [0.25, 0.3) is 10.9 Å². The fourth-order valence-corrected chi connectivity index (χ4v) is 3.44. The maximum Gasteiger partial charge on any atom is 0.127 e. The van der Waals surface area contributed by atoms with Gasteiger partial charge in [-0.2, -0.15) is 0 Å². The number of benzene rings is 2. The SMILES string of the molecule is OCCN(Cc1cc(Br)ccc1F)Cc1c(Cl)ccc2cccnc12. The zero-order valence-electron chi connectivity index (χ0n) is 13.4. The zero-order chi connectivity index (χ0) is 17.8. The largest absolute Gasteiger partial charge is 0.395 e. The van der Waals surface area contributed by atoms with Crippen LogP contribution in [0.1, 0.15) is 11.1 Å². The number of aliphatic hydroxyl groups is 1. The van der Waals surface area contributed by atoms with Gasteiger partial charge in [-0.3, -0.25) is 9.88 Å². The molecule has 130 valence electrons. The summed E-state index contributed by atoms with van der Waals surface area (Å²) in [5.74, 6) is -0.270. The highest BCUT2D eigenvalue weighted by atomic mass is 79.9. The van der Waals surface area contributed by atoms with E-state index < -0.39 is 0 Å². The lowest BCUT2D eigenvalue weighted by Crippen LogP contribution is -2.27. The fourth-order valence-electron chi connectivity index (χ4n) is 2.82. The maximum absolute atomic E-state index is 14.1. The summed E-state index contributed by atoms with van der Waals surface area (Å²) in [6.45, 7) is 1.22. The van der Waals surface area contributed by atoms with Gasteiger partial charge < -0.3 is 5.11 Å². The quantitative estimate of drug-likeness (QED) is 0.619. The molecule has 0 aliphatic carbocycles. The van der Waals surface area contributed by atoms with Gasteiger partial charge in [-0.25, -0.2) is 4.39 Å². The van der Waals surface area contributed by atoms with Crippen molar-refractivity contribution in [2.24, 2.45) is 0 Å². The summed E-state index contributed by atoms with van der Waals surface area (Å²) in [6, 6.07) is 12.5. The Morgan fingerprint density at radius 3 is 2.80 bits per heavy atom. The molecule has 2 aromatic carbocycles. The lowest BCUT2D eigenvalue weighted by Gasteiger charge is -2.23. The van der Waals surface area contributed by atoms with Crippen LogP contribution in [0.4, 0.5) is 4.39 Å². The third-order valence-electron chi connectivity index (χ3n) is 4.02. The van der Waals surface area contributed by atoms with Gasteiger partial charge >= 0.3 is 0 Å². The number of hydrogen-bond donors (Lipinski definition) is 1. The molecule has 0 saturated carbocycles. The number of rotatable bonds is 6. The lowest BCUT2D eigenvalue weighted by molar-refractivity contribution is 0.183. The smallest absolute Gasteiger partial charge is 0.127 e. The van der Waals surface area contributed by atoms with Gasteiger partial charge in [0.05, 0.1) is 12.1 Å². The van der Waals surface area contributed by atoms with E-state index in [1.165, 1.54) is 6.07 Å². The van der Waals surface area contributed by atoms with Crippen molar-refractivity contribution >= 4 is 38.4 Å². The molecular formula is C19H17BrClFN2O. The molecule has 0 fully saturated rings. The molecule has 1 aromatic heterocycles. The first kappa shape index (κ1) is 18.3. The average molecular weight is 424 g/mol. The van der Waals surface area contributed by atoms with Crippen molar-refractivity contribution in [3.05, 3.63) is 75.1 Å². The Hall–Kier alpha value is -1.53. The highest BCUT2D eigenvalue weighted by molar-refractivity contribution is 9.10. The van der Waals surface area contributed by atoms with E-state index in [0.29, 0.717) is 30.2 Å². The summed E-state index contributed by atoms with van der Waals surface area (Å²) in [6.07, 6.45) is 1.73. The second-order valence-corrected chi connectivity index (χ2v) is 7.09. The third kappa shape index (κ3) is 4.36. The lowest BCUT2D eigenvalue weighted by atomic mass is 10.1. The average Bonchev–Trinajstić information content (AvgIpc) is 2.61. The van der Waals surface area contributed by atoms with Gasteiger partial charge in [-0.1, -0.05) is 39.7 Å². The van der Waals surface area contributed by atoms with Gasteiger partial charge in [-0.05, 0) is 30.3 Å². The standard InChI is InChI=1S/C19H17BrClFN2O/c20-15-4-6-18(22)14(10-15)11-24(8-9-25)12-16-17(21)5-3-13-2-1-7-23-19(13)16/h1-7,10,25H,8-9,11-12H2. The van der Waals surface area contributed by atoms with Crippen LogP contribution < -0.4 is 0 Å². The van der Waals surface area contributed by atoms with E-state index in [1.807, 2.05) is 29.2 Å². The number of hydrogen-bond acceptors (Lipinski definition) is 3. The predicted molar refractivity (Wildman–Crippen MR) is 102 cm³/mol. The summed E-state index contributed by atoms with van der Waals surface area (Å²) in [5.41, 5.74) is 2.27. The Bertz CT molecular complexity index is 890. The van der Waals surface area contributed by atoms with E-state index in [1.54, 1.807) is 18.3 Å². The molecule has 0 atom stereocenters. The van der Waals surface area contributed by atoms with Gasteiger partial charge in [0.2, 0.25) is 0 Å². The first-order valence-corrected chi connectivity index (χ1v) is 9.05. The van der Waals surface area contributed by atoms with Crippen molar-refractivity contribution in [2.45, 2.75) is 13.1 Å². The van der Waals surface area contributed by atoms with Crippen molar-refractivity contribution in [3.8, 4) is 0 Å². The molecule has 6 heteroatoms. The monoisotopic (exact) mass is 422 g/mol. The molecule has 3 nitrogen and oxygen atoms in total. The van der Waals surface area contributed by atoms with E-state index in [0.717, 1.165) is 20.9 Å². The molecule has 3 rings (SSSR count). The molecule has 3 aromatic rings. The van der Waals surface area contributed by atoms with Crippen molar-refractivity contribution in [1.29, 1.82) is 0 Å². The number of pyridine rings is 1. The van der Waals surface area contributed by atoms with Crippen LogP contribution in [0.3, 0.4) is 0 Å². The Morgan fingerprint density at radius 2 is 2.00 bits per heavy atom. The fraction of sp³-hybridized carbons (Fsp3) is 0.211. The van der Waals surface area contributed by atoms with Crippen LogP contribution >= 0.6 is 27.5 Å². The summed E-state index contributed by atoms with van der Waals surface area (Å²) in [5, 5.41) is 11.0. The van der Waals surface area contributed by atoms with Crippen molar-refractivity contribution in [1.82, 2.24) is 9.88 Å². The van der Waals surface area contributed by atoms with E-state index >= 15 is 0 Å². The van der Waals surface area contributed by atoms with Gasteiger partial charge in [0, 0.05) is 51.8 Å². The zero-order valence-corrected chi connectivity index (χ0v) is 15.8. The molecule has 0 bridgehead atoms. The Balaban J connectivity index is 1.92. The van der Waals surface area contributed by atoms with E-state index in [4.69, 9.17) is 11.6 Å². The van der Waals surface area contributed by atoms with Crippen LogP contribution in [0.5, 0.6) is 0 Å². The molecule has 1 N–H and O–H groups in total. The minimum Gasteiger partial charge on any atom is -0.395 e. The van der Waals surface area contributed by atoms with E-state index in [-0.39, 0.29) is 12.4 Å². The second kappa shape index (κ2) is 8.23. The molecule has 0 amide bonds. The molecule has 0 unspecified atom stereocenters. The highest BCUT2D eigenvalue weighted by Crippen LogP contribution is 2.27. The summed E-state index contributed by atoms with van der Waals surface area (Å²) < 4.78 is 14.9. The Labute approximate surface area is 159 Å². The van der Waals surface area contributed by atoms with Crippen molar-refractivity contribution < 1.29 is 9.50 Å². The Kier molecular flexibility index (Phi) is 6.02. The topological polar surface area (TPSA) is 36.4 Å². The minimum absolute atomic E-state index is 0.0224. The summed E-state index contributed by atoms with van der Waals surface area (Å²) in [4.78, 5) is 6.40. The normalized spacial score (nSPS) is 11.4. The van der Waals surface area contributed by atoms with Crippen LogP contribution in [-0.2, 0) is 13.1 Å². The first-order valence-electron chi connectivity index (χ1n) is 7.87.